The Morgan fingerprint density at radius 2 is 2.00 bits per heavy atom. The Morgan fingerprint density at radius 3 is 2.57 bits per heavy atom. The molecule has 0 atom stereocenters. The fourth-order valence-electron chi connectivity index (χ4n) is 1.79. The second kappa shape index (κ2) is 8.03. The molecule has 0 aliphatic heterocycles. The highest BCUT2D eigenvalue weighted by Gasteiger charge is 2.09. The van der Waals surface area contributed by atoms with Gasteiger partial charge in [0, 0.05) is 25.2 Å². The summed E-state index contributed by atoms with van der Waals surface area (Å²) in [7, 11) is 0. The standard InChI is InChI=1S/C13H20N4O4/c1-9-8-10(2)17(16-9)7-3-6-14-13(21)15-11(18)4-5-12(19)20/h8H,3-7H2,1-2H3,(H,19,20)(H2,14,15,18,21). The first-order chi connectivity index (χ1) is 9.88. The molecular formula is C13H20N4O4. The summed E-state index contributed by atoms with van der Waals surface area (Å²) in [4.78, 5) is 32.9. The first-order valence-corrected chi connectivity index (χ1v) is 6.69. The van der Waals surface area contributed by atoms with Crippen molar-refractivity contribution in [1.82, 2.24) is 20.4 Å². The van der Waals surface area contributed by atoms with Crippen molar-refractivity contribution in [1.29, 1.82) is 0 Å². The van der Waals surface area contributed by atoms with Crippen LogP contribution in [0.4, 0.5) is 4.79 Å². The normalized spacial score (nSPS) is 10.2. The Hall–Kier alpha value is -2.38. The maximum Gasteiger partial charge on any atom is 0.321 e. The van der Waals surface area contributed by atoms with E-state index in [1.54, 1.807) is 0 Å². The summed E-state index contributed by atoms with van der Waals surface area (Å²) in [6.07, 6.45) is 0.171. The lowest BCUT2D eigenvalue weighted by atomic mass is 10.3. The molecule has 0 saturated heterocycles. The molecule has 1 aromatic heterocycles. The first kappa shape index (κ1) is 16.7. The average molecular weight is 296 g/mol. The second-order valence-corrected chi connectivity index (χ2v) is 4.70. The van der Waals surface area contributed by atoms with Crippen molar-refractivity contribution in [3.8, 4) is 0 Å². The van der Waals surface area contributed by atoms with Crippen molar-refractivity contribution in [3.05, 3.63) is 17.5 Å². The highest BCUT2D eigenvalue weighted by molar-refractivity contribution is 5.95. The van der Waals surface area contributed by atoms with E-state index in [1.807, 2.05) is 24.6 Å². The van der Waals surface area contributed by atoms with Crippen molar-refractivity contribution >= 4 is 17.9 Å². The Bertz CT molecular complexity index is 524. The van der Waals surface area contributed by atoms with Gasteiger partial charge in [-0.2, -0.15) is 5.10 Å². The van der Waals surface area contributed by atoms with Crippen molar-refractivity contribution in [2.45, 2.75) is 39.7 Å². The molecule has 8 heteroatoms. The predicted octanol–water partition coefficient (Wildman–Crippen LogP) is 0.581. The van der Waals surface area contributed by atoms with Gasteiger partial charge in [-0.15, -0.1) is 0 Å². The summed E-state index contributed by atoms with van der Waals surface area (Å²) in [5, 5.41) is 17.3. The molecule has 21 heavy (non-hydrogen) atoms. The molecule has 116 valence electrons. The van der Waals surface area contributed by atoms with E-state index in [9.17, 15) is 14.4 Å². The molecule has 0 radical (unpaired) electrons. The lowest BCUT2D eigenvalue weighted by Gasteiger charge is -2.07. The molecule has 0 bridgehead atoms. The number of aryl methyl sites for hydroxylation is 3. The summed E-state index contributed by atoms with van der Waals surface area (Å²) >= 11 is 0. The Morgan fingerprint density at radius 1 is 1.29 bits per heavy atom. The molecule has 1 aromatic rings. The van der Waals surface area contributed by atoms with Crippen LogP contribution in [0.2, 0.25) is 0 Å². The Balaban J connectivity index is 2.17. The zero-order chi connectivity index (χ0) is 15.8. The van der Waals surface area contributed by atoms with Gasteiger partial charge in [-0.25, -0.2) is 4.79 Å². The summed E-state index contributed by atoms with van der Waals surface area (Å²) in [6.45, 7) is 4.95. The number of aliphatic carboxylic acids is 1. The van der Waals surface area contributed by atoms with Gasteiger partial charge in [0.2, 0.25) is 5.91 Å². The SMILES string of the molecule is Cc1cc(C)n(CCCNC(=O)NC(=O)CCC(=O)O)n1. The number of amides is 3. The summed E-state index contributed by atoms with van der Waals surface area (Å²) in [5.74, 6) is -1.68. The summed E-state index contributed by atoms with van der Waals surface area (Å²) in [5.41, 5.74) is 2.00. The lowest BCUT2D eigenvalue weighted by molar-refractivity contribution is -0.138. The number of urea groups is 1. The van der Waals surface area contributed by atoms with Crippen LogP contribution in [-0.2, 0) is 16.1 Å². The zero-order valence-corrected chi connectivity index (χ0v) is 12.2. The van der Waals surface area contributed by atoms with Crippen molar-refractivity contribution in [2.24, 2.45) is 0 Å². The molecule has 0 fully saturated rings. The zero-order valence-electron chi connectivity index (χ0n) is 12.2. The van der Waals surface area contributed by atoms with E-state index in [2.05, 4.69) is 15.7 Å². The van der Waals surface area contributed by atoms with Crippen LogP contribution in [0.1, 0.15) is 30.7 Å². The fourth-order valence-corrected chi connectivity index (χ4v) is 1.79. The number of carboxylic acid groups (broad SMARTS) is 1. The van der Waals surface area contributed by atoms with E-state index in [4.69, 9.17) is 5.11 Å². The van der Waals surface area contributed by atoms with Crippen LogP contribution in [0.25, 0.3) is 0 Å². The number of hydrogen-bond donors (Lipinski definition) is 3. The highest BCUT2D eigenvalue weighted by atomic mass is 16.4. The van der Waals surface area contributed by atoms with Crippen LogP contribution in [0, 0.1) is 13.8 Å². The van der Waals surface area contributed by atoms with Gasteiger partial charge < -0.3 is 10.4 Å². The molecule has 3 amide bonds. The van der Waals surface area contributed by atoms with E-state index < -0.39 is 17.9 Å². The van der Waals surface area contributed by atoms with Crippen molar-refractivity contribution < 1.29 is 19.5 Å². The maximum absolute atomic E-state index is 11.4. The quantitative estimate of drug-likeness (QED) is 0.637. The van der Waals surface area contributed by atoms with Gasteiger partial charge in [-0.1, -0.05) is 0 Å². The Labute approximate surface area is 122 Å². The molecule has 0 saturated carbocycles. The number of nitrogens with one attached hydrogen (secondary N) is 2. The minimum absolute atomic E-state index is 0.214. The minimum atomic E-state index is -1.07. The molecule has 1 heterocycles. The fraction of sp³-hybridized carbons (Fsp3) is 0.538. The van der Waals surface area contributed by atoms with Gasteiger partial charge in [0.25, 0.3) is 0 Å². The smallest absolute Gasteiger partial charge is 0.321 e. The molecule has 8 nitrogen and oxygen atoms in total. The third kappa shape index (κ3) is 6.55. The topological polar surface area (TPSA) is 113 Å². The first-order valence-electron chi connectivity index (χ1n) is 6.69. The maximum atomic E-state index is 11.4. The van der Waals surface area contributed by atoms with Crippen LogP contribution in [0.5, 0.6) is 0 Å². The number of rotatable bonds is 7. The van der Waals surface area contributed by atoms with E-state index >= 15 is 0 Å². The van der Waals surface area contributed by atoms with E-state index in [-0.39, 0.29) is 12.8 Å². The lowest BCUT2D eigenvalue weighted by Crippen LogP contribution is -2.40. The largest absolute Gasteiger partial charge is 0.481 e. The number of carbonyl (C=O) groups is 3. The molecule has 0 unspecified atom stereocenters. The monoisotopic (exact) mass is 296 g/mol. The van der Waals surface area contributed by atoms with Gasteiger partial charge in [-0.3, -0.25) is 19.6 Å². The second-order valence-electron chi connectivity index (χ2n) is 4.70. The number of imide groups is 1. The van der Waals surface area contributed by atoms with Gasteiger partial charge in [0.15, 0.2) is 0 Å². The average Bonchev–Trinajstić information content (AvgIpc) is 2.70. The molecule has 0 aliphatic rings. The van der Waals surface area contributed by atoms with Crippen LogP contribution in [0.15, 0.2) is 6.07 Å². The van der Waals surface area contributed by atoms with Gasteiger partial charge in [0.05, 0.1) is 12.1 Å². The molecule has 1 rings (SSSR count). The van der Waals surface area contributed by atoms with Crippen LogP contribution >= 0.6 is 0 Å². The van der Waals surface area contributed by atoms with Crippen molar-refractivity contribution in [2.75, 3.05) is 6.54 Å². The molecule has 3 N–H and O–H groups in total. The van der Waals surface area contributed by atoms with Crippen LogP contribution < -0.4 is 10.6 Å². The number of carboxylic acids is 1. The van der Waals surface area contributed by atoms with Gasteiger partial charge in [-0.05, 0) is 26.3 Å². The molecule has 0 spiro atoms. The predicted molar refractivity (Wildman–Crippen MR) is 74.7 cm³/mol. The number of hydrogen-bond acceptors (Lipinski definition) is 4. The van der Waals surface area contributed by atoms with E-state index in [1.165, 1.54) is 0 Å². The van der Waals surface area contributed by atoms with Crippen molar-refractivity contribution in [3.63, 3.8) is 0 Å². The van der Waals surface area contributed by atoms with Crippen LogP contribution in [0.3, 0.4) is 0 Å². The van der Waals surface area contributed by atoms with Gasteiger partial charge in [0.1, 0.15) is 0 Å². The summed E-state index contributed by atoms with van der Waals surface area (Å²) in [6, 6.07) is 1.36. The van der Waals surface area contributed by atoms with Crippen LogP contribution in [-0.4, -0.2) is 39.3 Å². The number of aromatic nitrogens is 2. The van der Waals surface area contributed by atoms with Gasteiger partial charge >= 0.3 is 12.0 Å². The number of carbonyl (C=O) groups excluding carboxylic acids is 2. The van der Waals surface area contributed by atoms with E-state index in [0.717, 1.165) is 11.4 Å². The van der Waals surface area contributed by atoms with E-state index in [0.29, 0.717) is 19.5 Å². The number of nitrogens with zero attached hydrogens (tertiary/aromatic N) is 2. The minimum Gasteiger partial charge on any atom is -0.481 e. The third-order valence-corrected chi connectivity index (χ3v) is 2.75. The molecular weight excluding hydrogens is 276 g/mol. The molecule has 0 aromatic carbocycles. The third-order valence-electron chi connectivity index (χ3n) is 2.75. The summed E-state index contributed by atoms with van der Waals surface area (Å²) < 4.78 is 1.85. The Kier molecular flexibility index (Phi) is 6.38. The highest BCUT2D eigenvalue weighted by Crippen LogP contribution is 2.02. The molecule has 0 aliphatic carbocycles.